The van der Waals surface area contributed by atoms with E-state index in [1.807, 2.05) is 0 Å². The number of ether oxygens (including phenoxy) is 1. The van der Waals surface area contributed by atoms with Gasteiger partial charge in [0.05, 0.1) is 5.56 Å². The van der Waals surface area contributed by atoms with Gasteiger partial charge in [-0.2, -0.15) is 6.92 Å². The summed E-state index contributed by atoms with van der Waals surface area (Å²) in [6.07, 6.45) is 0. The summed E-state index contributed by atoms with van der Waals surface area (Å²) in [5.41, 5.74) is 0.382. The Balaban J connectivity index is -0.0000000843. The van der Waals surface area contributed by atoms with Crippen LogP contribution < -0.4 is 0 Å². The minimum atomic E-state index is -0.608. The number of rotatable bonds is 1. The third-order valence-electron chi connectivity index (χ3n) is 1.25. The molecule has 1 aromatic carbocycles. The monoisotopic (exact) mass is 421 g/mol. The molecular weight excluding hydrogens is 391 g/mol. The number of aliphatic hydroxyl groups excluding tert-OH is 3. The van der Waals surface area contributed by atoms with E-state index in [4.69, 9.17) is 15.3 Å². The molecule has 140 valence electrons. The quantitative estimate of drug-likeness (QED) is 0.364. The molecule has 7 heteroatoms. The maximum atomic E-state index is 11.0. The molecule has 0 aromatic heterocycles. The maximum Gasteiger partial charge on any atom is 0.345 e. The van der Waals surface area contributed by atoms with Crippen LogP contribution in [0.5, 0.6) is 0 Å². The van der Waals surface area contributed by atoms with Crippen molar-refractivity contribution in [3.63, 3.8) is 0 Å². The second-order valence-electron chi connectivity index (χ2n) is 3.20. The predicted molar refractivity (Wildman–Crippen MR) is 91.8 cm³/mol. The minimum Gasteiger partial charge on any atom is -0.397 e. The van der Waals surface area contributed by atoms with Crippen LogP contribution in [0.25, 0.3) is 0 Å². The number of carbonyl (C=O) groups excluding carboxylic acids is 2. The number of hydrogen-bond acceptors (Lipinski definition) is 6. The van der Waals surface area contributed by atoms with Crippen molar-refractivity contribution in [2.24, 2.45) is 0 Å². The molecule has 0 fully saturated rings. The Kier molecular flexibility index (Phi) is 48.3. The number of esters is 2. The zero-order valence-electron chi connectivity index (χ0n) is 15.3. The van der Waals surface area contributed by atoms with Gasteiger partial charge in [-0.05, 0) is 32.9 Å². The molecule has 3 N–H and O–H groups in total. The molecule has 0 aliphatic carbocycles. The van der Waals surface area contributed by atoms with Crippen LogP contribution in [0.2, 0.25) is 0 Å². The molecule has 6 nitrogen and oxygen atoms in total. The fourth-order valence-corrected chi connectivity index (χ4v) is 0.764. The molecule has 0 atom stereocenters. The zero-order valence-corrected chi connectivity index (χ0v) is 17.7. The van der Waals surface area contributed by atoms with Crippen molar-refractivity contribution in [2.75, 3.05) is 19.8 Å². The summed E-state index contributed by atoms with van der Waals surface area (Å²) in [7, 11) is 0. The van der Waals surface area contributed by atoms with Crippen molar-refractivity contribution in [1.29, 1.82) is 0 Å². The fourth-order valence-electron chi connectivity index (χ4n) is 0.764. The van der Waals surface area contributed by atoms with Crippen molar-refractivity contribution in [1.82, 2.24) is 0 Å². The normalized spacial score (nSPS) is 7.04. The van der Waals surface area contributed by atoms with E-state index in [1.165, 1.54) is 6.92 Å². The Morgan fingerprint density at radius 3 is 1.46 bits per heavy atom. The Bertz CT molecular complexity index is 339. The van der Waals surface area contributed by atoms with Crippen molar-refractivity contribution in [3.8, 4) is 0 Å². The molecule has 0 unspecified atom stereocenters. The van der Waals surface area contributed by atoms with Gasteiger partial charge in [-0.3, -0.25) is 4.79 Å². The average molecular weight is 423 g/mol. The van der Waals surface area contributed by atoms with Crippen molar-refractivity contribution >= 4 is 11.9 Å². The Hall–Kier alpha value is -0.877. The summed E-state index contributed by atoms with van der Waals surface area (Å²) >= 11 is 0. The number of aliphatic hydroxyl groups is 3. The number of hydrogen-bond donors (Lipinski definition) is 3. The molecule has 1 rings (SSSR count). The number of benzene rings is 1. The second-order valence-corrected chi connectivity index (χ2v) is 3.20. The maximum absolute atomic E-state index is 11.0. The summed E-state index contributed by atoms with van der Waals surface area (Å²) in [4.78, 5) is 21.4. The molecule has 1 aromatic rings. The number of carbonyl (C=O) groups is 2. The van der Waals surface area contributed by atoms with E-state index in [0.717, 1.165) is 0 Å². The molecule has 0 spiro atoms. The molecule has 0 amide bonds. The Morgan fingerprint density at radius 1 is 0.917 bits per heavy atom. The first kappa shape index (κ1) is 34.5. The average Bonchev–Trinajstić information content (AvgIpc) is 2.52. The van der Waals surface area contributed by atoms with Gasteiger partial charge in [-0.15, -0.1) is 0 Å². The molecule has 0 saturated heterocycles. The predicted octanol–water partition coefficient (Wildman–Crippen LogP) is 2.22. The summed E-state index contributed by atoms with van der Waals surface area (Å²) in [6.45, 7) is 12.0. The van der Waals surface area contributed by atoms with Gasteiger partial charge in [0.25, 0.3) is 0 Å². The topological polar surface area (TPSA) is 104 Å². The van der Waals surface area contributed by atoms with Gasteiger partial charge >= 0.3 is 11.9 Å². The van der Waals surface area contributed by atoms with Crippen LogP contribution in [-0.2, 0) is 35.7 Å². The fraction of sp³-hybridized carbons (Fsp3) is 0.471. The molecule has 0 bridgehead atoms. The van der Waals surface area contributed by atoms with Crippen molar-refractivity contribution < 1.29 is 55.8 Å². The van der Waals surface area contributed by atoms with E-state index in [2.05, 4.69) is 11.7 Å². The van der Waals surface area contributed by atoms with E-state index in [1.54, 1.807) is 58.0 Å². The van der Waals surface area contributed by atoms with Gasteiger partial charge in [-0.25, -0.2) is 4.79 Å². The van der Waals surface area contributed by atoms with E-state index >= 15 is 0 Å². The standard InChI is InChI=1S/C9H8O3.3C2H6O.C2H5.Zr/c1-7(10)12-9(11)8-5-3-2-4-6-8;3*1-2-3;1-2;/h2-6H,1H3;3*3H,2H2,1H3;1H2,2H3;/q;;;;-1;. The van der Waals surface area contributed by atoms with Crippen LogP contribution >= 0.6 is 0 Å². The first-order valence-electron chi connectivity index (χ1n) is 7.25. The summed E-state index contributed by atoms with van der Waals surface area (Å²) in [5.74, 6) is -1.20. The Morgan fingerprint density at radius 2 is 1.21 bits per heavy atom. The van der Waals surface area contributed by atoms with Gasteiger partial charge in [0.15, 0.2) is 0 Å². The molecule has 0 radical (unpaired) electrons. The first-order valence-corrected chi connectivity index (χ1v) is 7.25. The molecule has 0 aliphatic rings. The van der Waals surface area contributed by atoms with Crippen LogP contribution in [0, 0.1) is 6.92 Å². The van der Waals surface area contributed by atoms with Gasteiger partial charge < -0.3 is 27.0 Å². The summed E-state index contributed by atoms with van der Waals surface area (Å²) in [5, 5.41) is 22.7. The largest absolute Gasteiger partial charge is 0.397 e. The van der Waals surface area contributed by atoms with Crippen molar-refractivity contribution in [3.05, 3.63) is 42.8 Å². The molecule has 0 heterocycles. The van der Waals surface area contributed by atoms with Crippen LogP contribution in [0.4, 0.5) is 0 Å². The first-order chi connectivity index (χ1) is 10.9. The van der Waals surface area contributed by atoms with Gasteiger partial charge in [-0.1, -0.05) is 18.2 Å². The molecular formula is C17H31O6Zr-. The van der Waals surface area contributed by atoms with E-state index in [0.29, 0.717) is 5.56 Å². The minimum absolute atomic E-state index is 0. The van der Waals surface area contributed by atoms with Gasteiger partial charge in [0.1, 0.15) is 0 Å². The van der Waals surface area contributed by atoms with Crippen LogP contribution in [0.15, 0.2) is 30.3 Å². The van der Waals surface area contributed by atoms with Crippen LogP contribution in [0.1, 0.15) is 45.0 Å². The molecule has 0 aliphatic heterocycles. The van der Waals surface area contributed by atoms with Gasteiger partial charge in [0.2, 0.25) is 0 Å². The summed E-state index contributed by atoms with van der Waals surface area (Å²) in [6, 6.07) is 8.37. The SMILES string of the molecule is CC(=O)OC(=O)c1ccccc1.CCO.CCO.CCO.[CH2-]C.[Zr]. The Labute approximate surface area is 165 Å². The van der Waals surface area contributed by atoms with Crippen molar-refractivity contribution in [2.45, 2.75) is 34.6 Å². The van der Waals surface area contributed by atoms with E-state index in [-0.39, 0.29) is 46.0 Å². The van der Waals surface area contributed by atoms with E-state index in [9.17, 15) is 9.59 Å². The summed E-state index contributed by atoms with van der Waals surface area (Å²) < 4.78 is 4.36. The zero-order chi connectivity index (χ0) is 19.1. The molecule has 24 heavy (non-hydrogen) atoms. The van der Waals surface area contributed by atoms with Crippen LogP contribution in [-0.4, -0.2) is 47.1 Å². The second kappa shape index (κ2) is 33.7. The third-order valence-corrected chi connectivity index (χ3v) is 1.25. The van der Waals surface area contributed by atoms with E-state index < -0.39 is 11.9 Å². The smallest absolute Gasteiger partial charge is 0.345 e. The molecule has 0 saturated carbocycles. The third kappa shape index (κ3) is 37.4. The van der Waals surface area contributed by atoms with Gasteiger partial charge in [0, 0.05) is 52.9 Å². The van der Waals surface area contributed by atoms with Crippen LogP contribution in [0.3, 0.4) is 0 Å².